The number of benzene rings is 3. The summed E-state index contributed by atoms with van der Waals surface area (Å²) in [5, 5.41) is 27.0. The number of rotatable bonds is 5. The van der Waals surface area contributed by atoms with Gasteiger partial charge in [0, 0.05) is 46.1 Å². The summed E-state index contributed by atoms with van der Waals surface area (Å²) in [5.41, 5.74) is 5.64. The second-order valence-electron chi connectivity index (χ2n) is 11.1. The van der Waals surface area contributed by atoms with Gasteiger partial charge in [0.25, 0.3) is 0 Å². The molecule has 2 aromatic heterocycles. The van der Waals surface area contributed by atoms with Crippen molar-refractivity contribution < 1.29 is 9.84 Å². The molecule has 0 amide bonds. The maximum atomic E-state index is 9.40. The number of nitrogens with zero attached hydrogens (tertiary/aromatic N) is 2. The number of fused-ring (bicyclic) bond motifs is 2. The summed E-state index contributed by atoms with van der Waals surface area (Å²) in [6, 6.07) is 21.9. The number of hydrogen-bond donors (Lipinski definition) is 3. The molecular formula is C33H38N4O2. The molecule has 202 valence electrons. The minimum atomic E-state index is 0.286. The fraction of sp³-hybridized carbons (Fsp3) is 0.394. The van der Waals surface area contributed by atoms with Gasteiger partial charge in [-0.2, -0.15) is 10.2 Å². The van der Waals surface area contributed by atoms with E-state index in [-0.39, 0.29) is 5.75 Å². The van der Waals surface area contributed by atoms with Gasteiger partial charge in [-0.15, -0.1) is 0 Å². The molecule has 0 saturated heterocycles. The molecule has 3 N–H and O–H groups in total. The largest absolute Gasteiger partial charge is 0.508 e. The second kappa shape index (κ2) is 11.9. The third kappa shape index (κ3) is 5.95. The molecule has 3 aromatic carbocycles. The molecule has 0 radical (unpaired) electrons. The van der Waals surface area contributed by atoms with Gasteiger partial charge in [-0.05, 0) is 55.5 Å². The van der Waals surface area contributed by atoms with Crippen molar-refractivity contribution in [1.29, 1.82) is 0 Å². The van der Waals surface area contributed by atoms with Crippen molar-refractivity contribution in [3.8, 4) is 11.5 Å². The summed E-state index contributed by atoms with van der Waals surface area (Å²) < 4.78 is 5.90. The highest BCUT2D eigenvalue weighted by atomic mass is 16.5. The van der Waals surface area contributed by atoms with Gasteiger partial charge in [0.2, 0.25) is 0 Å². The van der Waals surface area contributed by atoms with Crippen LogP contribution < -0.4 is 4.74 Å². The lowest BCUT2D eigenvalue weighted by molar-refractivity contribution is 0.306. The molecule has 0 atom stereocenters. The van der Waals surface area contributed by atoms with E-state index in [9.17, 15) is 5.11 Å². The number of aromatic hydroxyl groups is 1. The van der Waals surface area contributed by atoms with Gasteiger partial charge in [-0.25, -0.2) is 0 Å². The van der Waals surface area contributed by atoms with Crippen LogP contribution in [0.1, 0.15) is 93.0 Å². The first kappa shape index (κ1) is 25.5. The van der Waals surface area contributed by atoms with Crippen LogP contribution in [-0.4, -0.2) is 25.5 Å². The zero-order valence-corrected chi connectivity index (χ0v) is 22.5. The molecule has 2 fully saturated rings. The van der Waals surface area contributed by atoms with E-state index in [2.05, 4.69) is 44.7 Å². The maximum absolute atomic E-state index is 9.40. The van der Waals surface area contributed by atoms with E-state index < -0.39 is 0 Å². The molecule has 0 bridgehead atoms. The summed E-state index contributed by atoms with van der Waals surface area (Å²) in [6.07, 6.45) is 13.1. The van der Waals surface area contributed by atoms with E-state index in [0.29, 0.717) is 18.4 Å². The van der Waals surface area contributed by atoms with E-state index in [1.807, 2.05) is 30.3 Å². The number of phenolic OH excluding ortho intramolecular Hbond substituents is 1. The summed E-state index contributed by atoms with van der Waals surface area (Å²) >= 11 is 0. The third-order valence-electron chi connectivity index (χ3n) is 8.40. The lowest BCUT2D eigenvalue weighted by atomic mass is 9.86. The summed E-state index contributed by atoms with van der Waals surface area (Å²) in [7, 11) is 0. The number of H-pyrrole nitrogens is 2. The summed E-state index contributed by atoms with van der Waals surface area (Å²) in [6.45, 7) is 0.590. The lowest BCUT2D eigenvalue weighted by Gasteiger charge is -2.20. The maximum Gasteiger partial charge on any atom is 0.122 e. The number of nitrogens with one attached hydrogen (secondary N) is 2. The molecular weight excluding hydrogens is 484 g/mol. The van der Waals surface area contributed by atoms with Crippen molar-refractivity contribution >= 4 is 21.8 Å². The van der Waals surface area contributed by atoms with Crippen molar-refractivity contribution in [2.75, 3.05) is 0 Å². The van der Waals surface area contributed by atoms with Crippen LogP contribution in [-0.2, 0) is 6.61 Å². The molecule has 2 saturated carbocycles. The van der Waals surface area contributed by atoms with Crippen molar-refractivity contribution in [3.05, 3.63) is 83.7 Å². The Hall–Kier alpha value is -3.80. The Balaban J connectivity index is 0.000000151. The Labute approximate surface area is 229 Å². The molecule has 7 rings (SSSR count). The van der Waals surface area contributed by atoms with Gasteiger partial charge in [0.05, 0.1) is 11.0 Å². The van der Waals surface area contributed by atoms with E-state index in [4.69, 9.17) is 4.74 Å². The quantitative estimate of drug-likeness (QED) is 0.216. The van der Waals surface area contributed by atoms with Crippen LogP contribution in [0, 0.1) is 0 Å². The Kier molecular flexibility index (Phi) is 7.80. The molecule has 6 nitrogen and oxygen atoms in total. The van der Waals surface area contributed by atoms with Gasteiger partial charge < -0.3 is 9.84 Å². The first-order valence-electron chi connectivity index (χ1n) is 14.6. The van der Waals surface area contributed by atoms with Crippen molar-refractivity contribution in [2.45, 2.75) is 82.7 Å². The molecule has 0 aliphatic heterocycles. The molecule has 5 aromatic rings. The highest BCUT2D eigenvalue weighted by Crippen LogP contribution is 2.37. The zero-order valence-electron chi connectivity index (χ0n) is 22.5. The lowest BCUT2D eigenvalue weighted by Crippen LogP contribution is -2.05. The molecule has 39 heavy (non-hydrogen) atoms. The fourth-order valence-corrected chi connectivity index (χ4v) is 6.27. The number of aromatic nitrogens is 4. The van der Waals surface area contributed by atoms with E-state index in [1.54, 1.807) is 12.1 Å². The molecule has 2 aliphatic carbocycles. The fourth-order valence-electron chi connectivity index (χ4n) is 6.27. The Morgan fingerprint density at radius 1 is 0.667 bits per heavy atom. The van der Waals surface area contributed by atoms with Crippen LogP contribution in [0.4, 0.5) is 0 Å². The Morgan fingerprint density at radius 2 is 1.23 bits per heavy atom. The average molecular weight is 523 g/mol. The van der Waals surface area contributed by atoms with Gasteiger partial charge in [0.15, 0.2) is 0 Å². The van der Waals surface area contributed by atoms with Crippen LogP contribution in [0.3, 0.4) is 0 Å². The van der Waals surface area contributed by atoms with Crippen LogP contribution in [0.5, 0.6) is 11.5 Å². The van der Waals surface area contributed by atoms with Gasteiger partial charge >= 0.3 is 0 Å². The predicted molar refractivity (Wildman–Crippen MR) is 156 cm³/mol. The first-order valence-corrected chi connectivity index (χ1v) is 14.6. The van der Waals surface area contributed by atoms with Crippen LogP contribution >= 0.6 is 0 Å². The van der Waals surface area contributed by atoms with E-state index in [1.165, 1.54) is 91.9 Å². The predicted octanol–water partition coefficient (Wildman–Crippen LogP) is 8.51. The standard InChI is InChI=1S/C20H22N2O.C13H16N2O/c1-3-7-15(8-4-1)14-23-17-11-12-18-19(13-17)21-22-20(18)16-9-5-2-6-10-16;16-10-6-7-11-12(8-10)14-15-13(11)9-4-2-1-3-5-9/h1,3-4,7-8,11-13,16H,2,5-6,9-10,14H2,(H,21,22);6-9,16H,1-5H2,(H,14,15). The van der Waals surface area contributed by atoms with Crippen LogP contribution in [0.2, 0.25) is 0 Å². The highest BCUT2D eigenvalue weighted by molar-refractivity contribution is 5.84. The molecule has 0 spiro atoms. The Bertz CT molecular complexity index is 1490. The number of ether oxygens (including phenoxy) is 1. The summed E-state index contributed by atoms with van der Waals surface area (Å²) in [4.78, 5) is 0. The second-order valence-corrected chi connectivity index (χ2v) is 11.1. The average Bonchev–Trinajstić information content (AvgIpc) is 3.62. The SMILES string of the molecule is Oc1ccc2c(C3CCCCC3)[nH]nc2c1.c1ccc(COc2ccc3c(C4CCCCC4)[nH]nc3c2)cc1. The minimum absolute atomic E-state index is 0.286. The number of hydrogen-bond acceptors (Lipinski definition) is 4. The van der Waals surface area contributed by atoms with Crippen LogP contribution in [0.25, 0.3) is 21.8 Å². The Morgan fingerprint density at radius 3 is 1.85 bits per heavy atom. The molecule has 6 heteroatoms. The van der Waals surface area contributed by atoms with Gasteiger partial charge in [-0.3, -0.25) is 10.2 Å². The van der Waals surface area contributed by atoms with Gasteiger partial charge in [-0.1, -0.05) is 68.9 Å². The summed E-state index contributed by atoms with van der Waals surface area (Å²) in [5.74, 6) is 2.44. The molecule has 2 heterocycles. The minimum Gasteiger partial charge on any atom is -0.508 e. The zero-order chi connectivity index (χ0) is 26.4. The van der Waals surface area contributed by atoms with Crippen LogP contribution in [0.15, 0.2) is 66.7 Å². The molecule has 0 unspecified atom stereocenters. The third-order valence-corrected chi connectivity index (χ3v) is 8.40. The molecule has 2 aliphatic rings. The monoisotopic (exact) mass is 522 g/mol. The van der Waals surface area contributed by atoms with Crippen molar-refractivity contribution in [3.63, 3.8) is 0 Å². The van der Waals surface area contributed by atoms with E-state index >= 15 is 0 Å². The normalized spacial score (nSPS) is 16.7. The van der Waals surface area contributed by atoms with Crippen molar-refractivity contribution in [2.24, 2.45) is 0 Å². The van der Waals surface area contributed by atoms with E-state index in [0.717, 1.165) is 16.8 Å². The van der Waals surface area contributed by atoms with Crippen molar-refractivity contribution in [1.82, 2.24) is 20.4 Å². The number of aromatic amines is 2. The topological polar surface area (TPSA) is 86.8 Å². The van der Waals surface area contributed by atoms with Gasteiger partial charge in [0.1, 0.15) is 18.1 Å². The first-order chi connectivity index (χ1) is 19.2. The smallest absolute Gasteiger partial charge is 0.122 e. The number of phenols is 1. The highest BCUT2D eigenvalue weighted by Gasteiger charge is 2.21.